The van der Waals surface area contributed by atoms with Crippen LogP contribution in [-0.4, -0.2) is 25.0 Å². The number of rotatable bonds is 3. The topological polar surface area (TPSA) is 31.4 Å². The van der Waals surface area contributed by atoms with E-state index < -0.39 is 0 Å². The fraction of sp³-hybridized carbons (Fsp3) is 0.364. The van der Waals surface area contributed by atoms with Crippen LogP contribution in [0.3, 0.4) is 0 Å². The van der Waals surface area contributed by atoms with Gasteiger partial charge in [-0.2, -0.15) is 17.6 Å². The van der Waals surface area contributed by atoms with Gasteiger partial charge < -0.3 is 9.47 Å². The Bertz CT molecular complexity index is 382. The lowest BCUT2D eigenvalue weighted by atomic mass is 10.2. The molecule has 3 nitrogen and oxygen atoms in total. The summed E-state index contributed by atoms with van der Waals surface area (Å²) in [5.41, 5.74) is 0.764. The Kier molecular flexibility index (Phi) is 4.85. The third-order valence-electron chi connectivity index (χ3n) is 1.70. The van der Waals surface area contributed by atoms with Crippen molar-refractivity contribution in [2.24, 2.45) is 0 Å². The van der Waals surface area contributed by atoms with E-state index in [2.05, 4.69) is 29.5 Å². The third kappa shape index (κ3) is 3.37. The summed E-state index contributed by atoms with van der Waals surface area (Å²) in [4.78, 5) is 4.12. The normalized spacial score (nSPS) is 9.00. The number of aromatic nitrogens is 1. The Balaban J connectivity index is 2.93. The van der Waals surface area contributed by atoms with E-state index >= 15 is 0 Å². The largest absolute Gasteiger partial charge is 0.481 e. The lowest BCUT2D eigenvalue weighted by Crippen LogP contribution is -1.94. The molecule has 0 spiro atoms. The predicted octanol–water partition coefficient (Wildman–Crippen LogP) is 1.77. The second-order valence-corrected chi connectivity index (χ2v) is 3.13. The number of ether oxygens (including phenoxy) is 2. The van der Waals surface area contributed by atoms with Gasteiger partial charge in [-0.15, -0.1) is 0 Å². The molecule has 0 atom stereocenters. The van der Waals surface area contributed by atoms with Crippen molar-refractivity contribution in [2.45, 2.75) is 6.42 Å². The van der Waals surface area contributed by atoms with Crippen LogP contribution in [0.2, 0.25) is 0 Å². The van der Waals surface area contributed by atoms with Crippen molar-refractivity contribution in [3.8, 4) is 23.6 Å². The molecule has 15 heavy (non-hydrogen) atoms. The Hall–Kier alpha value is -1.34. The Morgan fingerprint density at radius 2 is 2.13 bits per heavy atom. The van der Waals surface area contributed by atoms with E-state index in [4.69, 9.17) is 9.47 Å². The molecule has 0 radical (unpaired) electrons. The van der Waals surface area contributed by atoms with Crippen LogP contribution in [0.1, 0.15) is 12.0 Å². The van der Waals surface area contributed by atoms with Gasteiger partial charge in [-0.3, -0.25) is 0 Å². The minimum atomic E-state index is 0.487. The van der Waals surface area contributed by atoms with Crippen LogP contribution in [0.5, 0.6) is 11.8 Å². The van der Waals surface area contributed by atoms with Gasteiger partial charge in [0.2, 0.25) is 11.8 Å². The zero-order valence-corrected chi connectivity index (χ0v) is 9.67. The van der Waals surface area contributed by atoms with E-state index in [9.17, 15) is 0 Å². The van der Waals surface area contributed by atoms with Crippen LogP contribution in [0, 0.1) is 11.8 Å². The van der Waals surface area contributed by atoms with Gasteiger partial charge in [0.1, 0.15) is 0 Å². The van der Waals surface area contributed by atoms with Crippen LogP contribution in [0.4, 0.5) is 0 Å². The molecule has 1 aromatic rings. The molecule has 0 saturated carbocycles. The van der Waals surface area contributed by atoms with Crippen molar-refractivity contribution in [1.82, 2.24) is 4.98 Å². The maximum Gasteiger partial charge on any atom is 0.232 e. The lowest BCUT2D eigenvalue weighted by Gasteiger charge is -2.04. The lowest BCUT2D eigenvalue weighted by molar-refractivity contribution is 0.364. The minimum absolute atomic E-state index is 0.487. The molecule has 0 fully saturated rings. The summed E-state index contributed by atoms with van der Waals surface area (Å²) in [6, 6.07) is 3.59. The average molecular weight is 223 g/mol. The first-order chi connectivity index (χ1) is 7.31. The molecule has 0 aliphatic heterocycles. The monoisotopic (exact) mass is 223 g/mol. The van der Waals surface area contributed by atoms with Gasteiger partial charge in [-0.05, 0) is 6.07 Å². The van der Waals surface area contributed by atoms with E-state index in [1.54, 1.807) is 20.3 Å². The van der Waals surface area contributed by atoms with Crippen LogP contribution >= 0.6 is 12.6 Å². The van der Waals surface area contributed by atoms with Gasteiger partial charge in [0.15, 0.2) is 0 Å². The number of hydrogen-bond acceptors (Lipinski definition) is 4. The summed E-state index contributed by atoms with van der Waals surface area (Å²) in [6.45, 7) is 0. The first-order valence-corrected chi connectivity index (χ1v) is 5.13. The number of hydrogen-bond donors (Lipinski definition) is 1. The summed E-state index contributed by atoms with van der Waals surface area (Å²) in [5, 5.41) is 0. The molecule has 80 valence electrons. The highest BCUT2D eigenvalue weighted by molar-refractivity contribution is 7.80. The van der Waals surface area contributed by atoms with E-state index in [0.29, 0.717) is 11.8 Å². The first kappa shape index (κ1) is 11.7. The molecule has 1 heterocycles. The molecule has 1 rings (SSSR count). The fourth-order valence-corrected chi connectivity index (χ4v) is 1.11. The highest BCUT2D eigenvalue weighted by atomic mass is 32.1. The van der Waals surface area contributed by atoms with Crippen molar-refractivity contribution in [1.29, 1.82) is 0 Å². The summed E-state index contributed by atoms with van der Waals surface area (Å²) < 4.78 is 10.1. The number of nitrogens with zero attached hydrogens (tertiary/aromatic N) is 1. The van der Waals surface area contributed by atoms with E-state index in [-0.39, 0.29) is 0 Å². The zero-order valence-electron chi connectivity index (χ0n) is 8.78. The van der Waals surface area contributed by atoms with Crippen LogP contribution in [0.15, 0.2) is 12.1 Å². The Morgan fingerprint density at radius 3 is 2.73 bits per heavy atom. The number of pyridine rings is 1. The molecule has 0 bridgehead atoms. The average Bonchev–Trinajstić information content (AvgIpc) is 2.29. The zero-order chi connectivity index (χ0) is 11.1. The van der Waals surface area contributed by atoms with E-state index in [1.807, 2.05) is 6.07 Å². The highest BCUT2D eigenvalue weighted by Crippen LogP contribution is 2.18. The first-order valence-electron chi connectivity index (χ1n) is 4.50. The molecule has 0 unspecified atom stereocenters. The van der Waals surface area contributed by atoms with Gasteiger partial charge >= 0.3 is 0 Å². The Labute approximate surface area is 95.2 Å². The molecule has 0 aliphatic rings. The maximum absolute atomic E-state index is 5.11. The van der Waals surface area contributed by atoms with Gasteiger partial charge in [0, 0.05) is 18.2 Å². The second kappa shape index (κ2) is 6.20. The van der Waals surface area contributed by atoms with Gasteiger partial charge in [0.05, 0.1) is 19.8 Å². The fourth-order valence-electron chi connectivity index (χ4n) is 1.00. The molecular weight excluding hydrogens is 210 g/mol. The highest BCUT2D eigenvalue weighted by Gasteiger charge is 2.03. The number of methoxy groups -OCH3 is 2. The second-order valence-electron chi connectivity index (χ2n) is 2.69. The summed E-state index contributed by atoms with van der Waals surface area (Å²) in [7, 11) is 3.12. The number of thiol groups is 1. The van der Waals surface area contributed by atoms with Gasteiger partial charge in [-0.1, -0.05) is 11.8 Å². The SMILES string of the molecule is COc1ccc(C#CCCS)c(OC)n1. The Morgan fingerprint density at radius 1 is 1.33 bits per heavy atom. The van der Waals surface area contributed by atoms with Crippen LogP contribution in [-0.2, 0) is 0 Å². The molecule has 0 aliphatic carbocycles. The maximum atomic E-state index is 5.11. The van der Waals surface area contributed by atoms with Crippen molar-refractivity contribution in [3.05, 3.63) is 17.7 Å². The summed E-state index contributed by atoms with van der Waals surface area (Å²) in [5.74, 6) is 7.71. The van der Waals surface area contributed by atoms with E-state index in [1.165, 1.54) is 0 Å². The molecule has 0 N–H and O–H groups in total. The molecule has 0 aromatic carbocycles. The molecular formula is C11H13NO2S. The van der Waals surface area contributed by atoms with Crippen molar-refractivity contribution in [2.75, 3.05) is 20.0 Å². The van der Waals surface area contributed by atoms with Crippen LogP contribution < -0.4 is 9.47 Å². The standard InChI is InChI=1S/C11H13NO2S/c1-13-10-7-6-9(5-3-4-8-15)11(12-10)14-2/h6-7,15H,4,8H2,1-2H3. The van der Waals surface area contributed by atoms with Gasteiger partial charge in [0.25, 0.3) is 0 Å². The quantitative estimate of drug-likeness (QED) is 0.626. The molecule has 0 saturated heterocycles. The van der Waals surface area contributed by atoms with Crippen molar-refractivity contribution in [3.63, 3.8) is 0 Å². The van der Waals surface area contributed by atoms with Crippen LogP contribution in [0.25, 0.3) is 0 Å². The molecule has 4 heteroatoms. The van der Waals surface area contributed by atoms with Crippen molar-refractivity contribution < 1.29 is 9.47 Å². The predicted molar refractivity (Wildman–Crippen MR) is 62.7 cm³/mol. The minimum Gasteiger partial charge on any atom is -0.481 e. The van der Waals surface area contributed by atoms with Gasteiger partial charge in [-0.25, -0.2) is 0 Å². The summed E-state index contributed by atoms with van der Waals surface area (Å²) >= 11 is 4.08. The molecule has 1 aromatic heterocycles. The smallest absolute Gasteiger partial charge is 0.232 e. The van der Waals surface area contributed by atoms with Crippen molar-refractivity contribution >= 4 is 12.6 Å². The third-order valence-corrected chi connectivity index (χ3v) is 1.92. The summed E-state index contributed by atoms with van der Waals surface area (Å²) in [6.07, 6.45) is 0.748. The van der Waals surface area contributed by atoms with E-state index in [0.717, 1.165) is 17.7 Å². The molecule has 0 amide bonds.